The number of aromatic nitrogens is 2. The molecule has 5 nitrogen and oxygen atoms in total. The highest BCUT2D eigenvalue weighted by molar-refractivity contribution is 5.69. The van der Waals surface area contributed by atoms with Gasteiger partial charge in [-0.3, -0.25) is 9.59 Å². The smallest absolute Gasteiger partial charge is 0.306 e. The van der Waals surface area contributed by atoms with E-state index in [-0.39, 0.29) is 5.56 Å². The van der Waals surface area contributed by atoms with E-state index >= 15 is 0 Å². The number of aliphatic carboxylic acids is 1. The van der Waals surface area contributed by atoms with Crippen LogP contribution < -0.4 is 5.56 Å². The summed E-state index contributed by atoms with van der Waals surface area (Å²) in [5.41, 5.74) is 1.00. The lowest BCUT2D eigenvalue weighted by atomic mass is 10.0. The van der Waals surface area contributed by atoms with Crippen LogP contribution in [0.3, 0.4) is 0 Å². The van der Waals surface area contributed by atoms with Crippen molar-refractivity contribution in [1.29, 1.82) is 0 Å². The summed E-state index contributed by atoms with van der Waals surface area (Å²) in [6.45, 7) is 3.31. The van der Waals surface area contributed by atoms with Crippen molar-refractivity contribution >= 4 is 5.97 Å². The first-order chi connectivity index (χ1) is 7.99. The van der Waals surface area contributed by atoms with Crippen molar-refractivity contribution in [3.63, 3.8) is 0 Å². The van der Waals surface area contributed by atoms with Gasteiger partial charge in [-0.25, -0.2) is 4.98 Å². The highest BCUT2D eigenvalue weighted by Gasteiger charge is 2.27. The number of carboxylic acids is 1. The van der Waals surface area contributed by atoms with Gasteiger partial charge in [0.2, 0.25) is 0 Å². The van der Waals surface area contributed by atoms with Gasteiger partial charge in [0.05, 0.1) is 11.6 Å². The number of nitrogens with one attached hydrogen (secondary N) is 1. The monoisotopic (exact) mass is 236 g/mol. The van der Waals surface area contributed by atoms with Gasteiger partial charge in [-0.2, -0.15) is 0 Å². The molecule has 17 heavy (non-hydrogen) atoms. The van der Waals surface area contributed by atoms with Gasteiger partial charge < -0.3 is 10.1 Å². The summed E-state index contributed by atoms with van der Waals surface area (Å²) < 4.78 is 0. The molecule has 0 aromatic carbocycles. The number of nitrogens with zero attached hydrogens (tertiary/aromatic N) is 1. The minimum Gasteiger partial charge on any atom is -0.481 e. The molecule has 1 atom stereocenters. The third-order valence-electron chi connectivity index (χ3n) is 3.16. The lowest BCUT2D eigenvalue weighted by Gasteiger charge is -2.09. The lowest BCUT2D eigenvalue weighted by molar-refractivity contribution is -0.141. The molecule has 2 rings (SSSR count). The van der Waals surface area contributed by atoms with Crippen LogP contribution in [0.5, 0.6) is 0 Å². The van der Waals surface area contributed by atoms with Crippen LogP contribution in [-0.2, 0) is 11.2 Å². The lowest BCUT2D eigenvalue weighted by Crippen LogP contribution is -2.21. The van der Waals surface area contributed by atoms with E-state index in [0.717, 1.165) is 12.8 Å². The Hall–Kier alpha value is -1.65. The van der Waals surface area contributed by atoms with Crippen molar-refractivity contribution in [2.45, 2.75) is 39.0 Å². The Morgan fingerprint density at radius 2 is 2.24 bits per heavy atom. The molecule has 1 heterocycles. The second-order valence-corrected chi connectivity index (χ2v) is 4.74. The summed E-state index contributed by atoms with van der Waals surface area (Å²) in [5, 5.41) is 8.88. The third kappa shape index (κ3) is 2.54. The molecule has 0 bridgehead atoms. The van der Waals surface area contributed by atoms with E-state index in [9.17, 15) is 9.59 Å². The van der Waals surface area contributed by atoms with Gasteiger partial charge in [-0.1, -0.05) is 6.92 Å². The van der Waals surface area contributed by atoms with Crippen molar-refractivity contribution < 1.29 is 9.90 Å². The summed E-state index contributed by atoms with van der Waals surface area (Å²) in [5.74, 6) is -0.301. The molecule has 0 saturated heterocycles. The third-order valence-corrected chi connectivity index (χ3v) is 3.16. The van der Waals surface area contributed by atoms with E-state index in [0.29, 0.717) is 29.4 Å². The number of rotatable bonds is 4. The van der Waals surface area contributed by atoms with E-state index in [1.54, 1.807) is 13.8 Å². The zero-order valence-corrected chi connectivity index (χ0v) is 9.99. The van der Waals surface area contributed by atoms with Crippen LogP contribution in [-0.4, -0.2) is 21.0 Å². The number of H-pyrrole nitrogens is 1. The molecule has 1 saturated carbocycles. The fourth-order valence-electron chi connectivity index (χ4n) is 1.72. The Bertz CT molecular complexity index is 503. The summed E-state index contributed by atoms with van der Waals surface area (Å²) in [7, 11) is 0. The van der Waals surface area contributed by atoms with Gasteiger partial charge in [-0.15, -0.1) is 0 Å². The first-order valence-electron chi connectivity index (χ1n) is 5.81. The molecule has 1 aliphatic rings. The Labute approximate surface area is 98.9 Å². The minimum atomic E-state index is -0.862. The van der Waals surface area contributed by atoms with Crippen LogP contribution in [0.25, 0.3) is 0 Å². The van der Waals surface area contributed by atoms with Gasteiger partial charge >= 0.3 is 5.97 Å². The van der Waals surface area contributed by atoms with E-state index in [4.69, 9.17) is 5.11 Å². The van der Waals surface area contributed by atoms with E-state index in [2.05, 4.69) is 9.97 Å². The summed E-state index contributed by atoms with van der Waals surface area (Å²) in [6.07, 6.45) is 2.42. The molecule has 1 aliphatic carbocycles. The maximum Gasteiger partial charge on any atom is 0.306 e. The second-order valence-electron chi connectivity index (χ2n) is 4.74. The van der Waals surface area contributed by atoms with Crippen LogP contribution in [0, 0.1) is 12.8 Å². The summed E-state index contributed by atoms with van der Waals surface area (Å²) >= 11 is 0. The van der Waals surface area contributed by atoms with Crippen LogP contribution in [0.1, 0.15) is 42.8 Å². The first-order valence-corrected chi connectivity index (χ1v) is 5.81. The average molecular weight is 236 g/mol. The average Bonchev–Trinajstić information content (AvgIpc) is 3.07. The predicted molar refractivity (Wildman–Crippen MR) is 62.1 cm³/mol. The molecule has 1 aromatic heterocycles. The quantitative estimate of drug-likeness (QED) is 0.823. The topological polar surface area (TPSA) is 83.0 Å². The fourth-order valence-corrected chi connectivity index (χ4v) is 1.72. The molecule has 1 aromatic rings. The molecular weight excluding hydrogens is 220 g/mol. The van der Waals surface area contributed by atoms with Gasteiger partial charge in [0.15, 0.2) is 0 Å². The zero-order chi connectivity index (χ0) is 12.6. The normalized spacial score (nSPS) is 16.8. The van der Waals surface area contributed by atoms with Crippen molar-refractivity contribution in [1.82, 2.24) is 9.97 Å². The standard InChI is InChI=1S/C12H16N2O3/c1-6(12(16)17)5-9-7(2)11(15)14-10(13-9)8-3-4-8/h6,8H,3-5H2,1-2H3,(H,16,17)(H,13,14,15). The maximum absolute atomic E-state index is 11.7. The number of carbonyl (C=O) groups is 1. The molecule has 0 spiro atoms. The maximum atomic E-state index is 11.7. The Morgan fingerprint density at radius 1 is 1.59 bits per heavy atom. The molecule has 0 radical (unpaired) electrons. The van der Waals surface area contributed by atoms with Gasteiger partial charge in [-0.05, 0) is 19.8 Å². The summed E-state index contributed by atoms with van der Waals surface area (Å²) in [4.78, 5) is 29.7. The highest BCUT2D eigenvalue weighted by atomic mass is 16.4. The number of hydrogen-bond acceptors (Lipinski definition) is 3. The largest absolute Gasteiger partial charge is 0.481 e. The number of aromatic amines is 1. The van der Waals surface area contributed by atoms with Gasteiger partial charge in [0.1, 0.15) is 5.82 Å². The Balaban J connectivity index is 2.31. The van der Waals surface area contributed by atoms with Crippen LogP contribution >= 0.6 is 0 Å². The highest BCUT2D eigenvalue weighted by Crippen LogP contribution is 2.37. The number of hydrogen-bond donors (Lipinski definition) is 2. The van der Waals surface area contributed by atoms with Crippen LogP contribution in [0.2, 0.25) is 0 Å². The van der Waals surface area contributed by atoms with Gasteiger partial charge in [0, 0.05) is 17.9 Å². The Morgan fingerprint density at radius 3 is 2.76 bits per heavy atom. The van der Waals surface area contributed by atoms with Crippen molar-refractivity contribution in [2.24, 2.45) is 5.92 Å². The second kappa shape index (κ2) is 4.31. The van der Waals surface area contributed by atoms with Crippen LogP contribution in [0.15, 0.2) is 4.79 Å². The fraction of sp³-hybridized carbons (Fsp3) is 0.583. The molecule has 0 amide bonds. The molecule has 0 aliphatic heterocycles. The molecule has 1 fully saturated rings. The number of carboxylic acid groups (broad SMARTS) is 1. The Kier molecular flexibility index (Phi) is 3.00. The van der Waals surface area contributed by atoms with E-state index < -0.39 is 11.9 Å². The molecule has 1 unspecified atom stereocenters. The van der Waals surface area contributed by atoms with Crippen LogP contribution in [0.4, 0.5) is 0 Å². The predicted octanol–water partition coefficient (Wildman–Crippen LogP) is 1.22. The zero-order valence-electron chi connectivity index (χ0n) is 9.99. The SMILES string of the molecule is Cc1c(CC(C)C(=O)O)nc(C2CC2)[nH]c1=O. The molecule has 5 heteroatoms. The van der Waals surface area contributed by atoms with E-state index in [1.165, 1.54) is 0 Å². The first kappa shape index (κ1) is 11.8. The summed E-state index contributed by atoms with van der Waals surface area (Å²) in [6, 6.07) is 0. The molecule has 2 N–H and O–H groups in total. The van der Waals surface area contributed by atoms with E-state index in [1.807, 2.05) is 0 Å². The van der Waals surface area contributed by atoms with Crippen molar-refractivity contribution in [3.05, 3.63) is 27.4 Å². The molecular formula is C12H16N2O3. The van der Waals surface area contributed by atoms with Crippen molar-refractivity contribution in [3.8, 4) is 0 Å². The van der Waals surface area contributed by atoms with Gasteiger partial charge in [0.25, 0.3) is 5.56 Å². The minimum absolute atomic E-state index is 0.144. The van der Waals surface area contributed by atoms with Crippen molar-refractivity contribution in [2.75, 3.05) is 0 Å². The molecule has 92 valence electrons.